The minimum atomic E-state index is -3.17. The molecule has 0 atom stereocenters. The van der Waals surface area contributed by atoms with Crippen LogP contribution in [0, 0.1) is 0 Å². The van der Waals surface area contributed by atoms with Gasteiger partial charge in [0.1, 0.15) is 0 Å². The van der Waals surface area contributed by atoms with Crippen molar-refractivity contribution in [3.8, 4) is 0 Å². The summed E-state index contributed by atoms with van der Waals surface area (Å²) in [5.74, 6) is -0.0811. The van der Waals surface area contributed by atoms with Crippen molar-refractivity contribution >= 4 is 16.1 Å². The fraction of sp³-hybridized carbons (Fsp3) is 0.857. The predicted octanol–water partition coefficient (Wildman–Crippen LogP) is -0.252. The molecular weight excluding hydrogens is 192 g/mol. The van der Waals surface area contributed by atoms with Crippen LogP contribution in [0.1, 0.15) is 12.8 Å². The molecule has 1 heterocycles. The van der Waals surface area contributed by atoms with Crippen molar-refractivity contribution in [2.45, 2.75) is 12.8 Å². The van der Waals surface area contributed by atoms with Crippen LogP contribution in [0.25, 0.3) is 0 Å². The quantitative estimate of drug-likeness (QED) is 0.468. The van der Waals surface area contributed by atoms with Crippen molar-refractivity contribution in [1.29, 1.82) is 0 Å². The number of rotatable bonds is 4. The van der Waals surface area contributed by atoms with E-state index in [1.165, 1.54) is 10.4 Å². The summed E-state index contributed by atoms with van der Waals surface area (Å²) in [4.78, 5) is 12.9. The van der Waals surface area contributed by atoms with Gasteiger partial charge in [-0.25, -0.2) is 22.5 Å². The molecule has 0 bridgehead atoms. The Bertz CT molecular complexity index is 300. The Morgan fingerprint density at radius 1 is 1.31 bits per heavy atom. The van der Waals surface area contributed by atoms with Gasteiger partial charge in [0, 0.05) is 13.1 Å². The van der Waals surface area contributed by atoms with Crippen molar-refractivity contribution in [1.82, 2.24) is 4.31 Å². The van der Waals surface area contributed by atoms with Gasteiger partial charge >= 0.3 is 0 Å². The monoisotopic (exact) mass is 204 g/mol. The Labute approximate surface area is 77.5 Å². The van der Waals surface area contributed by atoms with E-state index in [9.17, 15) is 13.2 Å². The van der Waals surface area contributed by atoms with Gasteiger partial charge in [-0.3, -0.25) is 0 Å². The Hall–Kier alpha value is -0.710. The summed E-state index contributed by atoms with van der Waals surface area (Å²) in [6, 6.07) is 0. The molecule has 0 unspecified atom stereocenters. The topological polar surface area (TPSA) is 66.8 Å². The molecule has 6 heteroatoms. The Kier molecular flexibility index (Phi) is 3.59. The highest BCUT2D eigenvalue weighted by Crippen LogP contribution is 2.12. The number of sulfonamides is 1. The number of carbonyl (C=O) groups excluding carboxylic acids is 1. The fourth-order valence-electron chi connectivity index (χ4n) is 1.30. The molecule has 0 aromatic heterocycles. The maximum atomic E-state index is 11.4. The second kappa shape index (κ2) is 4.50. The molecule has 0 radical (unpaired) electrons. The lowest BCUT2D eigenvalue weighted by molar-refractivity contribution is 0.477. The van der Waals surface area contributed by atoms with E-state index in [0.29, 0.717) is 13.1 Å². The van der Waals surface area contributed by atoms with E-state index < -0.39 is 10.0 Å². The minimum absolute atomic E-state index is 0.0162. The molecule has 0 aromatic carbocycles. The normalized spacial score (nSPS) is 18.5. The summed E-state index contributed by atoms with van der Waals surface area (Å²) in [7, 11) is -3.17. The van der Waals surface area contributed by atoms with Crippen molar-refractivity contribution in [3.05, 3.63) is 0 Å². The third-order valence-corrected chi connectivity index (χ3v) is 3.83. The number of hydrogen-bond acceptors (Lipinski definition) is 4. The molecular formula is C7H12N2O3S. The van der Waals surface area contributed by atoms with Crippen LogP contribution in [-0.2, 0) is 14.8 Å². The average Bonchev–Trinajstić information content (AvgIpc) is 2.56. The van der Waals surface area contributed by atoms with Crippen molar-refractivity contribution in [2.24, 2.45) is 4.99 Å². The van der Waals surface area contributed by atoms with E-state index in [4.69, 9.17) is 0 Å². The summed E-state index contributed by atoms with van der Waals surface area (Å²) < 4.78 is 24.3. The van der Waals surface area contributed by atoms with Gasteiger partial charge in [-0.15, -0.1) is 0 Å². The molecule has 1 saturated heterocycles. The molecule has 0 saturated carbocycles. The summed E-state index contributed by atoms with van der Waals surface area (Å²) in [5.41, 5.74) is 0. The number of aliphatic imine (C=N–C) groups is 1. The van der Waals surface area contributed by atoms with Crippen LogP contribution in [0.5, 0.6) is 0 Å². The van der Waals surface area contributed by atoms with E-state index in [1.807, 2.05) is 0 Å². The average molecular weight is 204 g/mol. The van der Waals surface area contributed by atoms with Gasteiger partial charge in [0.05, 0.1) is 12.3 Å². The van der Waals surface area contributed by atoms with Gasteiger partial charge in [0.25, 0.3) is 0 Å². The Morgan fingerprint density at radius 3 is 2.46 bits per heavy atom. The fourth-order valence-corrected chi connectivity index (χ4v) is 2.70. The van der Waals surface area contributed by atoms with Crippen LogP contribution in [-0.4, -0.2) is 44.2 Å². The molecule has 0 aliphatic carbocycles. The molecule has 0 spiro atoms. The second-order valence-electron chi connectivity index (χ2n) is 2.90. The first-order valence-electron chi connectivity index (χ1n) is 4.18. The van der Waals surface area contributed by atoms with Crippen LogP contribution >= 0.6 is 0 Å². The molecule has 1 aliphatic heterocycles. The van der Waals surface area contributed by atoms with Gasteiger partial charge in [-0.1, -0.05) is 0 Å². The number of nitrogens with zero attached hydrogens (tertiary/aromatic N) is 2. The molecule has 0 N–H and O–H groups in total. The lowest BCUT2D eigenvalue weighted by Gasteiger charge is -2.13. The van der Waals surface area contributed by atoms with Crippen molar-refractivity contribution < 1.29 is 13.2 Å². The highest BCUT2D eigenvalue weighted by Gasteiger charge is 2.24. The standard InChI is InChI=1S/C7H12N2O3S/c10-7-8-3-6-13(11,12)9-4-1-2-5-9/h1-6H2. The lowest BCUT2D eigenvalue weighted by Crippen LogP contribution is -2.31. The summed E-state index contributed by atoms with van der Waals surface area (Å²) in [6.45, 7) is 1.22. The summed E-state index contributed by atoms with van der Waals surface area (Å²) >= 11 is 0. The van der Waals surface area contributed by atoms with Gasteiger partial charge in [0.2, 0.25) is 16.1 Å². The van der Waals surface area contributed by atoms with Crippen molar-refractivity contribution in [3.63, 3.8) is 0 Å². The number of isocyanates is 1. The third-order valence-electron chi connectivity index (χ3n) is 1.98. The maximum Gasteiger partial charge on any atom is 0.234 e. The van der Waals surface area contributed by atoms with Gasteiger partial charge in [-0.05, 0) is 12.8 Å². The first-order chi connectivity index (χ1) is 6.17. The predicted molar refractivity (Wildman–Crippen MR) is 47.6 cm³/mol. The van der Waals surface area contributed by atoms with E-state index in [2.05, 4.69) is 4.99 Å². The SMILES string of the molecule is O=C=NCCS(=O)(=O)N1CCCC1. The maximum absolute atomic E-state index is 11.4. The summed E-state index contributed by atoms with van der Waals surface area (Å²) in [5, 5.41) is 0. The minimum Gasteiger partial charge on any atom is -0.212 e. The largest absolute Gasteiger partial charge is 0.234 e. The first kappa shape index (κ1) is 10.4. The third kappa shape index (κ3) is 2.91. The van der Waals surface area contributed by atoms with Crippen LogP contribution in [0.4, 0.5) is 0 Å². The molecule has 74 valence electrons. The van der Waals surface area contributed by atoms with Crippen molar-refractivity contribution in [2.75, 3.05) is 25.4 Å². The molecule has 1 aliphatic rings. The van der Waals surface area contributed by atoms with E-state index in [1.54, 1.807) is 0 Å². The zero-order valence-electron chi connectivity index (χ0n) is 7.27. The smallest absolute Gasteiger partial charge is 0.212 e. The molecule has 5 nitrogen and oxygen atoms in total. The second-order valence-corrected chi connectivity index (χ2v) is 4.98. The van der Waals surface area contributed by atoms with E-state index in [-0.39, 0.29) is 12.3 Å². The summed E-state index contributed by atoms with van der Waals surface area (Å²) in [6.07, 6.45) is 3.18. The zero-order valence-corrected chi connectivity index (χ0v) is 8.09. The van der Waals surface area contributed by atoms with Gasteiger partial charge in [0.15, 0.2) is 0 Å². The first-order valence-corrected chi connectivity index (χ1v) is 5.79. The van der Waals surface area contributed by atoms with Crippen LogP contribution in [0.15, 0.2) is 4.99 Å². The molecule has 1 fully saturated rings. The van der Waals surface area contributed by atoms with E-state index in [0.717, 1.165) is 12.8 Å². The lowest BCUT2D eigenvalue weighted by atomic mass is 10.4. The zero-order chi connectivity index (χ0) is 9.73. The van der Waals surface area contributed by atoms with E-state index >= 15 is 0 Å². The molecule has 1 rings (SSSR count). The molecule has 13 heavy (non-hydrogen) atoms. The van der Waals surface area contributed by atoms with Crippen LogP contribution in [0.3, 0.4) is 0 Å². The van der Waals surface area contributed by atoms with Gasteiger partial charge in [-0.2, -0.15) is 0 Å². The number of hydrogen-bond donors (Lipinski definition) is 0. The molecule has 0 aromatic rings. The van der Waals surface area contributed by atoms with Gasteiger partial charge < -0.3 is 0 Å². The highest BCUT2D eigenvalue weighted by atomic mass is 32.2. The highest BCUT2D eigenvalue weighted by molar-refractivity contribution is 7.89. The van der Waals surface area contributed by atoms with Crippen LogP contribution in [0.2, 0.25) is 0 Å². The van der Waals surface area contributed by atoms with Crippen LogP contribution < -0.4 is 0 Å². The Morgan fingerprint density at radius 2 is 1.92 bits per heavy atom. The Balaban J connectivity index is 2.49. The molecule has 0 amide bonds.